The van der Waals surface area contributed by atoms with Crippen LogP contribution in [0.2, 0.25) is 0 Å². The normalized spacial score (nSPS) is 11.1. The third-order valence-electron chi connectivity index (χ3n) is 1.72. The number of pyridine rings is 1. The van der Waals surface area contributed by atoms with E-state index in [1.54, 1.807) is 12.4 Å². The van der Waals surface area contributed by atoms with Crippen molar-refractivity contribution in [3.63, 3.8) is 0 Å². The molecule has 1 N–H and O–H groups in total. The summed E-state index contributed by atoms with van der Waals surface area (Å²) in [6.07, 6.45) is 3.45. The molecule has 0 radical (unpaired) electrons. The van der Waals surface area contributed by atoms with E-state index in [1.165, 1.54) is 0 Å². The number of rotatable bonds is 3. The SMILES string of the molecule is CC(C)(Br)C(=O)NCc1cccnc1. The number of carbonyl (C=O) groups excluding carboxylic acids is 1. The van der Waals surface area contributed by atoms with Crippen LogP contribution in [0.3, 0.4) is 0 Å². The summed E-state index contributed by atoms with van der Waals surface area (Å²) in [5, 5.41) is 2.81. The number of aromatic nitrogens is 1. The Morgan fingerprint density at radius 1 is 1.64 bits per heavy atom. The number of halogens is 1. The molecule has 0 unspecified atom stereocenters. The average Bonchev–Trinajstić information content (AvgIpc) is 2.14. The molecule has 0 saturated carbocycles. The fourth-order valence-electron chi connectivity index (χ4n) is 0.895. The second-order valence-corrected chi connectivity index (χ2v) is 5.50. The van der Waals surface area contributed by atoms with Gasteiger partial charge in [0.2, 0.25) is 5.91 Å². The summed E-state index contributed by atoms with van der Waals surface area (Å²) in [6, 6.07) is 3.77. The lowest BCUT2D eigenvalue weighted by Gasteiger charge is -2.15. The molecule has 76 valence electrons. The van der Waals surface area contributed by atoms with Crippen molar-refractivity contribution in [3.8, 4) is 0 Å². The molecule has 1 aromatic rings. The first-order valence-corrected chi connectivity index (χ1v) is 5.15. The molecule has 0 atom stereocenters. The Morgan fingerprint density at radius 2 is 2.36 bits per heavy atom. The first-order chi connectivity index (χ1) is 6.50. The fraction of sp³-hybridized carbons (Fsp3) is 0.400. The van der Waals surface area contributed by atoms with Gasteiger partial charge in [0.15, 0.2) is 0 Å². The number of nitrogens with zero attached hydrogens (tertiary/aromatic N) is 1. The smallest absolute Gasteiger partial charge is 0.236 e. The second kappa shape index (κ2) is 4.55. The molecule has 14 heavy (non-hydrogen) atoms. The second-order valence-electron chi connectivity index (χ2n) is 3.52. The summed E-state index contributed by atoms with van der Waals surface area (Å²) in [4.78, 5) is 15.4. The van der Waals surface area contributed by atoms with Gasteiger partial charge in [-0.2, -0.15) is 0 Å². The molecule has 0 bridgehead atoms. The van der Waals surface area contributed by atoms with Crippen molar-refractivity contribution in [3.05, 3.63) is 30.1 Å². The topological polar surface area (TPSA) is 42.0 Å². The Kier molecular flexibility index (Phi) is 3.63. The highest BCUT2D eigenvalue weighted by Crippen LogP contribution is 2.15. The number of carbonyl (C=O) groups is 1. The number of hydrogen-bond donors (Lipinski definition) is 1. The third kappa shape index (κ3) is 3.46. The van der Waals surface area contributed by atoms with E-state index in [0.717, 1.165) is 5.56 Å². The van der Waals surface area contributed by atoms with Crippen LogP contribution in [0.25, 0.3) is 0 Å². The molecule has 0 aliphatic rings. The van der Waals surface area contributed by atoms with Crippen LogP contribution < -0.4 is 5.32 Å². The van der Waals surface area contributed by atoms with Gasteiger partial charge in [-0.05, 0) is 25.5 Å². The van der Waals surface area contributed by atoms with Gasteiger partial charge in [0, 0.05) is 18.9 Å². The highest BCUT2D eigenvalue weighted by molar-refractivity contribution is 9.10. The van der Waals surface area contributed by atoms with Gasteiger partial charge in [-0.3, -0.25) is 9.78 Å². The van der Waals surface area contributed by atoms with Gasteiger partial charge in [0.1, 0.15) is 0 Å². The highest BCUT2D eigenvalue weighted by atomic mass is 79.9. The monoisotopic (exact) mass is 256 g/mol. The molecular formula is C10H13BrN2O. The maximum absolute atomic E-state index is 11.5. The molecule has 4 heteroatoms. The molecule has 1 aromatic heterocycles. The number of amides is 1. The largest absolute Gasteiger partial charge is 0.351 e. The van der Waals surface area contributed by atoms with Gasteiger partial charge in [-0.25, -0.2) is 0 Å². The summed E-state index contributed by atoms with van der Waals surface area (Å²) in [6.45, 7) is 4.14. The lowest BCUT2D eigenvalue weighted by atomic mass is 10.2. The first kappa shape index (κ1) is 11.2. The zero-order chi connectivity index (χ0) is 10.6. The van der Waals surface area contributed by atoms with E-state index in [0.29, 0.717) is 6.54 Å². The van der Waals surface area contributed by atoms with E-state index >= 15 is 0 Å². The minimum absolute atomic E-state index is 0.0265. The Bertz CT molecular complexity index is 306. The minimum Gasteiger partial charge on any atom is -0.351 e. The van der Waals surface area contributed by atoms with Crippen molar-refractivity contribution in [1.82, 2.24) is 10.3 Å². The van der Waals surface area contributed by atoms with Gasteiger partial charge in [-0.1, -0.05) is 22.0 Å². The van der Waals surface area contributed by atoms with Gasteiger partial charge in [-0.15, -0.1) is 0 Å². The standard InChI is InChI=1S/C10H13BrN2O/c1-10(2,11)9(14)13-7-8-4-3-5-12-6-8/h3-6H,7H2,1-2H3,(H,13,14). The van der Waals surface area contributed by atoms with Gasteiger partial charge in [0.05, 0.1) is 4.32 Å². The van der Waals surface area contributed by atoms with Crippen LogP contribution in [0.15, 0.2) is 24.5 Å². The van der Waals surface area contributed by atoms with Crippen LogP contribution in [-0.2, 0) is 11.3 Å². The fourth-order valence-corrected chi connectivity index (χ4v) is 1.04. The van der Waals surface area contributed by atoms with Gasteiger partial charge < -0.3 is 5.32 Å². The first-order valence-electron chi connectivity index (χ1n) is 4.36. The van der Waals surface area contributed by atoms with Crippen molar-refractivity contribution in [1.29, 1.82) is 0 Å². The molecule has 0 spiro atoms. The van der Waals surface area contributed by atoms with E-state index in [4.69, 9.17) is 0 Å². The maximum atomic E-state index is 11.5. The summed E-state index contributed by atoms with van der Waals surface area (Å²) in [5.41, 5.74) is 0.998. The number of hydrogen-bond acceptors (Lipinski definition) is 2. The van der Waals surface area contributed by atoms with Crippen molar-refractivity contribution in [2.45, 2.75) is 24.7 Å². The van der Waals surface area contributed by atoms with Gasteiger partial charge >= 0.3 is 0 Å². The quantitative estimate of drug-likeness (QED) is 0.840. The molecule has 0 aliphatic heterocycles. The van der Waals surface area contributed by atoms with Crippen LogP contribution >= 0.6 is 15.9 Å². The molecule has 0 aromatic carbocycles. The lowest BCUT2D eigenvalue weighted by molar-refractivity contribution is -0.122. The maximum Gasteiger partial charge on any atom is 0.236 e. The van der Waals surface area contributed by atoms with E-state index in [2.05, 4.69) is 26.2 Å². The molecule has 0 aliphatic carbocycles. The third-order valence-corrected chi connectivity index (χ3v) is 2.08. The predicted octanol–water partition coefficient (Wildman–Crippen LogP) is 1.87. The molecular weight excluding hydrogens is 244 g/mol. The van der Waals surface area contributed by atoms with E-state index in [-0.39, 0.29) is 5.91 Å². The van der Waals surface area contributed by atoms with Crippen LogP contribution in [0.5, 0.6) is 0 Å². The minimum atomic E-state index is -0.519. The van der Waals surface area contributed by atoms with E-state index < -0.39 is 4.32 Å². The summed E-state index contributed by atoms with van der Waals surface area (Å²) >= 11 is 3.29. The molecule has 1 rings (SSSR count). The molecule has 0 saturated heterocycles. The zero-order valence-corrected chi connectivity index (χ0v) is 9.84. The van der Waals surface area contributed by atoms with E-state index in [1.807, 2.05) is 26.0 Å². The molecule has 1 amide bonds. The summed E-state index contributed by atoms with van der Waals surface area (Å²) < 4.78 is -0.519. The Morgan fingerprint density at radius 3 is 2.86 bits per heavy atom. The van der Waals surface area contributed by atoms with Crippen LogP contribution in [0.1, 0.15) is 19.4 Å². The summed E-state index contributed by atoms with van der Waals surface area (Å²) in [7, 11) is 0. The van der Waals surface area contributed by atoms with Crippen molar-refractivity contribution in [2.75, 3.05) is 0 Å². The molecule has 1 heterocycles. The van der Waals surface area contributed by atoms with Crippen molar-refractivity contribution in [2.24, 2.45) is 0 Å². The number of alkyl halides is 1. The van der Waals surface area contributed by atoms with Crippen molar-refractivity contribution >= 4 is 21.8 Å². The van der Waals surface area contributed by atoms with Crippen molar-refractivity contribution < 1.29 is 4.79 Å². The Balaban J connectivity index is 2.46. The van der Waals surface area contributed by atoms with Crippen LogP contribution in [-0.4, -0.2) is 15.2 Å². The van der Waals surface area contributed by atoms with E-state index in [9.17, 15) is 4.79 Å². The molecule has 3 nitrogen and oxygen atoms in total. The highest BCUT2D eigenvalue weighted by Gasteiger charge is 2.22. The Labute approximate surface area is 92.1 Å². The predicted molar refractivity (Wildman–Crippen MR) is 59.1 cm³/mol. The lowest BCUT2D eigenvalue weighted by Crippen LogP contribution is -2.37. The number of nitrogens with one attached hydrogen (secondary N) is 1. The van der Waals surface area contributed by atoms with Crippen LogP contribution in [0.4, 0.5) is 0 Å². The van der Waals surface area contributed by atoms with Crippen LogP contribution in [0, 0.1) is 0 Å². The van der Waals surface area contributed by atoms with Gasteiger partial charge in [0.25, 0.3) is 0 Å². The Hall–Kier alpha value is -0.900. The zero-order valence-electron chi connectivity index (χ0n) is 8.25. The average molecular weight is 257 g/mol. The summed E-state index contributed by atoms with van der Waals surface area (Å²) in [5.74, 6) is -0.0265. The molecule has 0 fully saturated rings.